The first-order chi connectivity index (χ1) is 9.75. The molecular formula is C17H20FNO. The van der Waals surface area contributed by atoms with Crippen LogP contribution >= 0.6 is 0 Å². The predicted octanol–water partition coefficient (Wildman–Crippen LogP) is 3.08. The molecule has 3 heteroatoms. The van der Waals surface area contributed by atoms with E-state index in [4.69, 9.17) is 0 Å². The molecule has 1 unspecified atom stereocenters. The summed E-state index contributed by atoms with van der Waals surface area (Å²) in [5, 5.41) is 13.1. The van der Waals surface area contributed by atoms with Gasteiger partial charge in [0.1, 0.15) is 5.82 Å². The molecule has 0 saturated heterocycles. The summed E-state index contributed by atoms with van der Waals surface area (Å²) in [6.07, 6.45) is 1.37. The van der Waals surface area contributed by atoms with Gasteiger partial charge < -0.3 is 10.4 Å². The molecule has 1 atom stereocenters. The van der Waals surface area contributed by atoms with Gasteiger partial charge in [0.05, 0.1) is 6.10 Å². The van der Waals surface area contributed by atoms with Gasteiger partial charge in [0.15, 0.2) is 0 Å². The van der Waals surface area contributed by atoms with Gasteiger partial charge in [-0.3, -0.25) is 0 Å². The van der Waals surface area contributed by atoms with Gasteiger partial charge in [0.25, 0.3) is 0 Å². The second kappa shape index (κ2) is 7.78. The first-order valence-corrected chi connectivity index (χ1v) is 6.94. The van der Waals surface area contributed by atoms with Gasteiger partial charge in [-0.2, -0.15) is 0 Å². The van der Waals surface area contributed by atoms with Crippen LogP contribution in [0.5, 0.6) is 0 Å². The average molecular weight is 273 g/mol. The maximum absolute atomic E-state index is 13.0. The fourth-order valence-corrected chi connectivity index (χ4v) is 2.13. The van der Waals surface area contributed by atoms with Crippen molar-refractivity contribution in [3.8, 4) is 0 Å². The molecule has 2 nitrogen and oxygen atoms in total. The summed E-state index contributed by atoms with van der Waals surface area (Å²) in [6.45, 7) is 1.28. The topological polar surface area (TPSA) is 32.3 Å². The fraction of sp³-hybridized carbons (Fsp3) is 0.294. The van der Waals surface area contributed by atoms with E-state index >= 15 is 0 Å². The number of hydrogen-bond acceptors (Lipinski definition) is 2. The molecule has 0 heterocycles. The lowest BCUT2D eigenvalue weighted by atomic mass is 10.1. The van der Waals surface area contributed by atoms with E-state index in [-0.39, 0.29) is 5.82 Å². The summed E-state index contributed by atoms with van der Waals surface area (Å²) >= 11 is 0. The molecule has 0 spiro atoms. The van der Waals surface area contributed by atoms with Gasteiger partial charge in [-0.05, 0) is 42.6 Å². The molecule has 0 fully saturated rings. The number of aryl methyl sites for hydroxylation is 1. The zero-order chi connectivity index (χ0) is 14.2. The van der Waals surface area contributed by atoms with E-state index in [1.807, 2.05) is 18.2 Å². The maximum Gasteiger partial charge on any atom is 0.123 e. The van der Waals surface area contributed by atoms with Crippen LogP contribution in [-0.4, -0.2) is 18.2 Å². The van der Waals surface area contributed by atoms with Gasteiger partial charge >= 0.3 is 0 Å². The average Bonchev–Trinajstić information content (AvgIpc) is 2.48. The van der Waals surface area contributed by atoms with Crippen molar-refractivity contribution in [2.75, 3.05) is 13.1 Å². The molecule has 0 radical (unpaired) electrons. The highest BCUT2D eigenvalue weighted by molar-refractivity contribution is 5.19. The Kier molecular flexibility index (Phi) is 5.71. The molecule has 106 valence electrons. The number of rotatable bonds is 7. The second-order valence-corrected chi connectivity index (χ2v) is 4.86. The highest BCUT2D eigenvalue weighted by Crippen LogP contribution is 2.12. The third-order valence-corrected chi connectivity index (χ3v) is 3.23. The van der Waals surface area contributed by atoms with Crippen LogP contribution in [0.3, 0.4) is 0 Å². The van der Waals surface area contributed by atoms with E-state index in [9.17, 15) is 9.50 Å². The summed E-state index contributed by atoms with van der Waals surface area (Å²) in [4.78, 5) is 0. The van der Waals surface area contributed by atoms with Crippen LogP contribution in [0.4, 0.5) is 4.39 Å². The molecule has 0 aliphatic heterocycles. The molecule has 0 saturated carbocycles. The molecule has 0 aromatic heterocycles. The Labute approximate surface area is 119 Å². The zero-order valence-corrected chi connectivity index (χ0v) is 11.4. The number of benzene rings is 2. The second-order valence-electron chi connectivity index (χ2n) is 4.86. The number of hydrogen-bond donors (Lipinski definition) is 2. The molecular weight excluding hydrogens is 253 g/mol. The van der Waals surface area contributed by atoms with Crippen molar-refractivity contribution in [1.29, 1.82) is 0 Å². The van der Waals surface area contributed by atoms with E-state index in [1.54, 1.807) is 12.1 Å². The van der Waals surface area contributed by atoms with E-state index in [0.29, 0.717) is 12.1 Å². The maximum atomic E-state index is 13.0. The Morgan fingerprint density at radius 2 is 1.85 bits per heavy atom. The third kappa shape index (κ3) is 4.76. The number of nitrogens with one attached hydrogen (secondary N) is 1. The largest absolute Gasteiger partial charge is 0.387 e. The molecule has 2 rings (SSSR count). The van der Waals surface area contributed by atoms with E-state index in [1.165, 1.54) is 17.7 Å². The monoisotopic (exact) mass is 273 g/mol. The minimum atomic E-state index is -0.664. The zero-order valence-electron chi connectivity index (χ0n) is 11.4. The van der Waals surface area contributed by atoms with Crippen molar-refractivity contribution in [2.45, 2.75) is 18.9 Å². The minimum Gasteiger partial charge on any atom is -0.387 e. The molecule has 0 amide bonds. The molecule has 0 aliphatic carbocycles. The van der Waals surface area contributed by atoms with Crippen molar-refractivity contribution in [3.63, 3.8) is 0 Å². The highest BCUT2D eigenvalue weighted by atomic mass is 19.1. The van der Waals surface area contributed by atoms with Crippen molar-refractivity contribution in [2.24, 2.45) is 0 Å². The predicted molar refractivity (Wildman–Crippen MR) is 79.0 cm³/mol. The van der Waals surface area contributed by atoms with Crippen LogP contribution in [0.25, 0.3) is 0 Å². The number of halogens is 1. The van der Waals surface area contributed by atoms with Crippen LogP contribution in [0.2, 0.25) is 0 Å². The lowest BCUT2D eigenvalue weighted by Crippen LogP contribution is -2.23. The van der Waals surface area contributed by atoms with Gasteiger partial charge in [-0.25, -0.2) is 4.39 Å². The Balaban J connectivity index is 1.66. The normalized spacial score (nSPS) is 12.3. The minimum absolute atomic E-state index is 0.314. The number of aliphatic hydroxyl groups is 1. The molecule has 2 aromatic rings. The van der Waals surface area contributed by atoms with Crippen molar-refractivity contribution in [3.05, 3.63) is 71.5 Å². The lowest BCUT2D eigenvalue weighted by Gasteiger charge is -2.12. The van der Waals surface area contributed by atoms with Crippen molar-refractivity contribution >= 4 is 0 Å². The number of aliphatic hydroxyl groups excluding tert-OH is 1. The summed E-state index contributed by atoms with van der Waals surface area (Å²) in [7, 11) is 0. The van der Waals surface area contributed by atoms with Crippen LogP contribution in [-0.2, 0) is 6.42 Å². The Bertz CT molecular complexity index is 515. The van der Waals surface area contributed by atoms with Crippen molar-refractivity contribution in [1.82, 2.24) is 5.32 Å². The lowest BCUT2D eigenvalue weighted by molar-refractivity contribution is 0.174. The van der Waals surface area contributed by atoms with E-state index < -0.39 is 6.10 Å². The van der Waals surface area contributed by atoms with Crippen LogP contribution in [0, 0.1) is 5.82 Å². The SMILES string of the molecule is OC(CNCCCc1ccccc1)c1cccc(F)c1. The Morgan fingerprint density at radius 1 is 1.05 bits per heavy atom. The van der Waals surface area contributed by atoms with Gasteiger partial charge in [0.2, 0.25) is 0 Å². The highest BCUT2D eigenvalue weighted by Gasteiger charge is 2.07. The van der Waals surface area contributed by atoms with Gasteiger partial charge in [0, 0.05) is 6.54 Å². The molecule has 2 N–H and O–H groups in total. The quantitative estimate of drug-likeness (QED) is 0.760. The van der Waals surface area contributed by atoms with Gasteiger partial charge in [-0.15, -0.1) is 0 Å². The van der Waals surface area contributed by atoms with E-state index in [0.717, 1.165) is 19.4 Å². The summed E-state index contributed by atoms with van der Waals surface area (Å²) in [5.41, 5.74) is 1.93. The molecule has 2 aromatic carbocycles. The van der Waals surface area contributed by atoms with Crippen LogP contribution < -0.4 is 5.32 Å². The molecule has 0 aliphatic rings. The van der Waals surface area contributed by atoms with Gasteiger partial charge in [-0.1, -0.05) is 42.5 Å². The Morgan fingerprint density at radius 3 is 2.60 bits per heavy atom. The van der Waals surface area contributed by atoms with Crippen molar-refractivity contribution < 1.29 is 9.50 Å². The third-order valence-electron chi connectivity index (χ3n) is 3.23. The smallest absolute Gasteiger partial charge is 0.123 e. The summed E-state index contributed by atoms with van der Waals surface area (Å²) in [5.74, 6) is -0.314. The molecule has 20 heavy (non-hydrogen) atoms. The first kappa shape index (κ1) is 14.7. The fourth-order valence-electron chi connectivity index (χ4n) is 2.13. The van der Waals surface area contributed by atoms with E-state index in [2.05, 4.69) is 17.4 Å². The summed E-state index contributed by atoms with van der Waals surface area (Å²) in [6, 6.07) is 16.4. The molecule has 0 bridgehead atoms. The standard InChI is InChI=1S/C17H20FNO/c18-16-10-4-9-15(12-16)17(20)13-19-11-5-8-14-6-2-1-3-7-14/h1-4,6-7,9-10,12,17,19-20H,5,8,11,13H2. The van der Waals surface area contributed by atoms with Crippen LogP contribution in [0.15, 0.2) is 54.6 Å². The summed E-state index contributed by atoms with van der Waals surface area (Å²) < 4.78 is 13.0. The Hall–Kier alpha value is -1.71. The van der Waals surface area contributed by atoms with Crippen LogP contribution in [0.1, 0.15) is 23.7 Å². The first-order valence-electron chi connectivity index (χ1n) is 6.94.